The minimum absolute atomic E-state index is 0.00363. The summed E-state index contributed by atoms with van der Waals surface area (Å²) in [6, 6.07) is 13.0. The molecular weight excluding hydrogens is 320 g/mol. The number of hydrogen-bond acceptors (Lipinski definition) is 5. The molecular formula is C20H14O5. The molecule has 0 bridgehead atoms. The molecule has 0 amide bonds. The zero-order chi connectivity index (χ0) is 17.3. The van der Waals surface area contributed by atoms with Crippen molar-refractivity contribution >= 4 is 16.6 Å². The van der Waals surface area contributed by atoms with Crippen LogP contribution in [0.25, 0.3) is 10.8 Å². The summed E-state index contributed by atoms with van der Waals surface area (Å²) in [4.78, 5) is 12.5. The number of rotatable bonds is 0. The van der Waals surface area contributed by atoms with Gasteiger partial charge in [-0.05, 0) is 18.2 Å². The molecule has 0 saturated carbocycles. The van der Waals surface area contributed by atoms with Gasteiger partial charge in [-0.1, -0.05) is 30.3 Å². The minimum atomic E-state index is -1.67. The van der Waals surface area contributed by atoms with Crippen LogP contribution in [0.2, 0.25) is 0 Å². The van der Waals surface area contributed by atoms with Crippen LogP contribution in [0.15, 0.2) is 48.5 Å². The SMILES string of the molecule is O=C1C[C@H]2Oc3cccc4c(O)ccc(c34)[C@@]2(O)c2c(O)cccc21. The highest BCUT2D eigenvalue weighted by Gasteiger charge is 2.53. The van der Waals surface area contributed by atoms with Crippen LogP contribution in [0, 0.1) is 0 Å². The Morgan fingerprint density at radius 2 is 1.80 bits per heavy atom. The second-order valence-corrected chi connectivity index (χ2v) is 6.51. The first-order valence-corrected chi connectivity index (χ1v) is 8.01. The third-order valence-corrected chi connectivity index (χ3v) is 5.22. The van der Waals surface area contributed by atoms with E-state index < -0.39 is 11.7 Å². The fraction of sp³-hybridized carbons (Fsp3) is 0.150. The molecule has 0 fully saturated rings. The molecule has 3 aromatic rings. The van der Waals surface area contributed by atoms with Gasteiger partial charge in [0.05, 0.1) is 6.42 Å². The fourth-order valence-electron chi connectivity index (χ4n) is 4.12. The van der Waals surface area contributed by atoms with Crippen LogP contribution in [0.5, 0.6) is 17.2 Å². The molecule has 1 heterocycles. The minimum Gasteiger partial charge on any atom is -0.508 e. The molecule has 1 aliphatic heterocycles. The highest BCUT2D eigenvalue weighted by atomic mass is 16.5. The predicted octanol–water partition coefficient (Wildman–Crippen LogP) is 2.83. The van der Waals surface area contributed by atoms with Gasteiger partial charge in [-0.15, -0.1) is 0 Å². The first kappa shape index (κ1) is 14.3. The Hall–Kier alpha value is -3.05. The summed E-state index contributed by atoms with van der Waals surface area (Å²) in [6.07, 6.45) is -0.840. The smallest absolute Gasteiger partial charge is 0.167 e. The third-order valence-electron chi connectivity index (χ3n) is 5.22. The first-order chi connectivity index (χ1) is 12.0. The van der Waals surface area contributed by atoms with Crippen molar-refractivity contribution in [3.8, 4) is 17.2 Å². The topological polar surface area (TPSA) is 87.0 Å². The van der Waals surface area contributed by atoms with E-state index in [1.165, 1.54) is 12.1 Å². The number of Topliss-reactive ketones (excluding diaryl/α,β-unsaturated/α-hetero) is 1. The molecule has 1 aliphatic carbocycles. The second-order valence-electron chi connectivity index (χ2n) is 6.51. The number of benzene rings is 3. The van der Waals surface area contributed by atoms with Crippen LogP contribution < -0.4 is 4.74 Å². The van der Waals surface area contributed by atoms with Crippen LogP contribution in [-0.2, 0) is 5.60 Å². The number of phenols is 2. The van der Waals surface area contributed by atoms with E-state index in [1.54, 1.807) is 36.4 Å². The molecule has 2 atom stereocenters. The lowest BCUT2D eigenvalue weighted by atomic mass is 9.70. The van der Waals surface area contributed by atoms with Crippen molar-refractivity contribution in [1.29, 1.82) is 0 Å². The Morgan fingerprint density at radius 3 is 2.64 bits per heavy atom. The number of carbonyl (C=O) groups excluding carboxylic acids is 1. The average Bonchev–Trinajstić information content (AvgIpc) is 2.59. The van der Waals surface area contributed by atoms with Crippen molar-refractivity contribution in [2.24, 2.45) is 0 Å². The monoisotopic (exact) mass is 334 g/mol. The summed E-state index contributed by atoms with van der Waals surface area (Å²) in [5, 5.41) is 33.4. The summed E-state index contributed by atoms with van der Waals surface area (Å²) < 4.78 is 5.96. The Labute approximate surface area is 142 Å². The van der Waals surface area contributed by atoms with Gasteiger partial charge in [0.25, 0.3) is 0 Å². The quantitative estimate of drug-likeness (QED) is 0.588. The Kier molecular flexibility index (Phi) is 2.59. The number of ketones is 1. The normalized spacial score (nSPS) is 23.7. The van der Waals surface area contributed by atoms with E-state index in [4.69, 9.17) is 4.74 Å². The molecule has 2 aliphatic rings. The number of aliphatic hydroxyl groups is 1. The number of fused-ring (bicyclic) bond motifs is 4. The van der Waals surface area contributed by atoms with Crippen molar-refractivity contribution in [2.75, 3.05) is 0 Å². The van der Waals surface area contributed by atoms with E-state index in [0.717, 1.165) is 0 Å². The van der Waals surface area contributed by atoms with E-state index in [9.17, 15) is 20.1 Å². The van der Waals surface area contributed by atoms with E-state index in [-0.39, 0.29) is 29.3 Å². The van der Waals surface area contributed by atoms with Crippen LogP contribution in [0.1, 0.15) is 27.9 Å². The lowest BCUT2D eigenvalue weighted by Gasteiger charge is -2.44. The van der Waals surface area contributed by atoms with Crippen molar-refractivity contribution in [3.63, 3.8) is 0 Å². The highest BCUT2D eigenvalue weighted by Crippen LogP contribution is 2.53. The molecule has 0 unspecified atom stereocenters. The molecule has 3 aromatic carbocycles. The van der Waals surface area contributed by atoms with Crippen LogP contribution in [0.4, 0.5) is 0 Å². The van der Waals surface area contributed by atoms with Gasteiger partial charge in [-0.25, -0.2) is 0 Å². The number of aromatic hydroxyl groups is 2. The van der Waals surface area contributed by atoms with E-state index in [2.05, 4.69) is 0 Å². The van der Waals surface area contributed by atoms with Crippen molar-refractivity contribution in [2.45, 2.75) is 18.1 Å². The zero-order valence-corrected chi connectivity index (χ0v) is 13.1. The average molecular weight is 334 g/mol. The van der Waals surface area contributed by atoms with E-state index in [1.807, 2.05) is 0 Å². The zero-order valence-electron chi connectivity index (χ0n) is 13.1. The van der Waals surface area contributed by atoms with Gasteiger partial charge < -0.3 is 20.1 Å². The molecule has 5 heteroatoms. The van der Waals surface area contributed by atoms with Crippen LogP contribution >= 0.6 is 0 Å². The molecule has 0 radical (unpaired) electrons. The summed E-state index contributed by atoms with van der Waals surface area (Å²) in [6.45, 7) is 0. The van der Waals surface area contributed by atoms with Gasteiger partial charge in [-0.3, -0.25) is 4.79 Å². The predicted molar refractivity (Wildman–Crippen MR) is 90.1 cm³/mol. The summed E-state index contributed by atoms with van der Waals surface area (Å²) >= 11 is 0. The van der Waals surface area contributed by atoms with Crippen LogP contribution in [-0.4, -0.2) is 27.2 Å². The largest absolute Gasteiger partial charge is 0.508 e. The third kappa shape index (κ3) is 1.63. The summed E-state index contributed by atoms with van der Waals surface area (Å²) in [5.41, 5.74) is -0.697. The fourth-order valence-corrected chi connectivity index (χ4v) is 4.12. The molecule has 0 saturated heterocycles. The highest BCUT2D eigenvalue weighted by molar-refractivity contribution is 6.03. The maximum atomic E-state index is 12.5. The Morgan fingerprint density at radius 1 is 1.00 bits per heavy atom. The Bertz CT molecular complexity index is 1070. The summed E-state index contributed by atoms with van der Waals surface area (Å²) in [7, 11) is 0. The molecule has 0 aromatic heterocycles. The maximum Gasteiger partial charge on any atom is 0.167 e. The maximum absolute atomic E-state index is 12.5. The lowest BCUT2D eigenvalue weighted by molar-refractivity contribution is -0.0461. The van der Waals surface area contributed by atoms with Crippen molar-refractivity contribution in [3.05, 3.63) is 65.2 Å². The summed E-state index contributed by atoms with van der Waals surface area (Å²) in [5.74, 6) is 0.248. The number of ether oxygens (including phenoxy) is 1. The second kappa shape index (κ2) is 4.52. The molecule has 5 rings (SSSR count). The van der Waals surface area contributed by atoms with Gasteiger partial charge >= 0.3 is 0 Å². The van der Waals surface area contributed by atoms with Crippen molar-refractivity contribution in [1.82, 2.24) is 0 Å². The lowest BCUT2D eigenvalue weighted by Crippen LogP contribution is -2.51. The van der Waals surface area contributed by atoms with Gasteiger partial charge in [0.1, 0.15) is 23.4 Å². The van der Waals surface area contributed by atoms with E-state index in [0.29, 0.717) is 27.6 Å². The molecule has 3 N–H and O–H groups in total. The molecule has 25 heavy (non-hydrogen) atoms. The number of phenolic OH excluding ortho intramolecular Hbond substituents is 2. The van der Waals surface area contributed by atoms with Gasteiger partial charge in [-0.2, -0.15) is 0 Å². The van der Waals surface area contributed by atoms with Gasteiger partial charge in [0.15, 0.2) is 11.4 Å². The van der Waals surface area contributed by atoms with Crippen LogP contribution in [0.3, 0.4) is 0 Å². The van der Waals surface area contributed by atoms with Gasteiger partial charge in [0, 0.05) is 27.5 Å². The van der Waals surface area contributed by atoms with Gasteiger partial charge in [0.2, 0.25) is 0 Å². The van der Waals surface area contributed by atoms with Crippen molar-refractivity contribution < 1.29 is 24.9 Å². The molecule has 124 valence electrons. The number of hydrogen-bond donors (Lipinski definition) is 3. The van der Waals surface area contributed by atoms with E-state index >= 15 is 0 Å². The molecule has 5 nitrogen and oxygen atoms in total. The number of carbonyl (C=O) groups is 1. The Balaban J connectivity index is 1.94. The standard InChI is InChI=1S/C20H14O5/c21-13-8-7-12-18-10(13)3-2-6-16(18)25-17-9-15(23)11-4-1-5-14(22)19(11)20(12,17)24/h1-8,17,21-22,24H,9H2/t17-,20+/m1/s1. The molecule has 0 spiro atoms. The first-order valence-electron chi connectivity index (χ1n) is 8.01.